The van der Waals surface area contributed by atoms with Crippen LogP contribution in [0.5, 0.6) is 0 Å². The van der Waals surface area contributed by atoms with Crippen molar-refractivity contribution in [3.05, 3.63) is 48.3 Å². The van der Waals surface area contributed by atoms with Gasteiger partial charge in [0.2, 0.25) is 0 Å². The average molecular weight is 340 g/mol. The van der Waals surface area contributed by atoms with Gasteiger partial charge in [-0.3, -0.25) is 4.68 Å². The molecule has 2 bridgehead atoms. The number of carbonyl (C=O) groups is 2. The van der Waals surface area contributed by atoms with Crippen LogP contribution in [-0.4, -0.2) is 43.9 Å². The number of aromatic nitrogens is 2. The molecule has 7 heteroatoms. The zero-order chi connectivity index (χ0) is 17.4. The number of benzene rings is 1. The lowest BCUT2D eigenvalue weighted by Gasteiger charge is -2.32. The van der Waals surface area contributed by atoms with Crippen LogP contribution < -0.4 is 5.32 Å². The van der Waals surface area contributed by atoms with Crippen molar-refractivity contribution >= 4 is 17.7 Å². The number of piperidine rings is 1. The monoisotopic (exact) mass is 340 g/mol. The molecule has 2 aromatic rings. The fourth-order valence-electron chi connectivity index (χ4n) is 4.07. The Kier molecular flexibility index (Phi) is 3.91. The Hall–Kier alpha value is -2.83. The maximum atomic E-state index is 12.6. The van der Waals surface area contributed by atoms with Crippen LogP contribution >= 0.6 is 0 Å². The quantitative estimate of drug-likeness (QED) is 0.895. The van der Waals surface area contributed by atoms with E-state index in [1.165, 1.54) is 4.90 Å². The molecule has 1 aliphatic carbocycles. The van der Waals surface area contributed by atoms with Gasteiger partial charge in [0, 0.05) is 12.2 Å². The first-order chi connectivity index (χ1) is 12.1. The molecule has 2 aliphatic rings. The summed E-state index contributed by atoms with van der Waals surface area (Å²) in [5.74, 6) is -0.837. The van der Waals surface area contributed by atoms with Crippen molar-refractivity contribution in [2.24, 2.45) is 5.92 Å². The minimum absolute atomic E-state index is 0.0328. The SMILES string of the molecule is O=C(O)[C@@H]1[C@H]2CC[C@H](C2)N1C(=O)Nc1cnn(Cc2ccccc2)c1. The summed E-state index contributed by atoms with van der Waals surface area (Å²) in [6, 6.07) is 8.89. The van der Waals surface area contributed by atoms with E-state index in [-0.39, 0.29) is 18.0 Å². The minimum Gasteiger partial charge on any atom is -0.480 e. The zero-order valence-electron chi connectivity index (χ0n) is 13.7. The van der Waals surface area contributed by atoms with Crippen molar-refractivity contribution in [3.63, 3.8) is 0 Å². The smallest absolute Gasteiger partial charge is 0.326 e. The lowest BCUT2D eigenvalue weighted by molar-refractivity contribution is -0.143. The Morgan fingerprint density at radius 1 is 1.24 bits per heavy atom. The number of carbonyl (C=O) groups excluding carboxylic acids is 1. The van der Waals surface area contributed by atoms with Crippen LogP contribution in [0.2, 0.25) is 0 Å². The van der Waals surface area contributed by atoms with E-state index < -0.39 is 12.0 Å². The molecule has 130 valence electrons. The first-order valence-electron chi connectivity index (χ1n) is 8.50. The van der Waals surface area contributed by atoms with Crippen molar-refractivity contribution in [2.45, 2.75) is 37.9 Å². The molecule has 1 saturated heterocycles. The summed E-state index contributed by atoms with van der Waals surface area (Å²) in [5, 5.41) is 16.5. The topological polar surface area (TPSA) is 87.5 Å². The fraction of sp³-hybridized carbons (Fsp3) is 0.389. The molecule has 7 nitrogen and oxygen atoms in total. The van der Waals surface area contributed by atoms with E-state index in [0.717, 1.165) is 24.8 Å². The molecule has 2 fully saturated rings. The molecule has 2 heterocycles. The molecular formula is C18H20N4O3. The number of urea groups is 1. The van der Waals surface area contributed by atoms with Gasteiger partial charge in [-0.1, -0.05) is 30.3 Å². The summed E-state index contributed by atoms with van der Waals surface area (Å²) >= 11 is 0. The van der Waals surface area contributed by atoms with Gasteiger partial charge in [-0.15, -0.1) is 0 Å². The van der Waals surface area contributed by atoms with Gasteiger partial charge in [0.05, 0.1) is 18.4 Å². The van der Waals surface area contributed by atoms with E-state index in [1.54, 1.807) is 17.1 Å². The van der Waals surface area contributed by atoms with Crippen molar-refractivity contribution < 1.29 is 14.7 Å². The summed E-state index contributed by atoms with van der Waals surface area (Å²) in [7, 11) is 0. The third kappa shape index (κ3) is 2.97. The third-order valence-corrected chi connectivity index (χ3v) is 5.14. The van der Waals surface area contributed by atoms with Gasteiger partial charge in [0.1, 0.15) is 6.04 Å². The third-order valence-electron chi connectivity index (χ3n) is 5.14. The van der Waals surface area contributed by atoms with Crippen LogP contribution in [0.15, 0.2) is 42.7 Å². The Morgan fingerprint density at radius 3 is 2.80 bits per heavy atom. The number of anilines is 1. The first-order valence-corrected chi connectivity index (χ1v) is 8.50. The molecule has 3 atom stereocenters. The molecule has 2 N–H and O–H groups in total. The van der Waals surface area contributed by atoms with Gasteiger partial charge in [-0.2, -0.15) is 5.10 Å². The second kappa shape index (κ2) is 6.23. The van der Waals surface area contributed by atoms with Gasteiger partial charge in [0.15, 0.2) is 0 Å². The minimum atomic E-state index is -0.915. The van der Waals surface area contributed by atoms with Crippen LogP contribution in [0.25, 0.3) is 0 Å². The van der Waals surface area contributed by atoms with Crippen LogP contribution in [0.1, 0.15) is 24.8 Å². The lowest BCUT2D eigenvalue weighted by atomic mass is 9.99. The summed E-state index contributed by atoms with van der Waals surface area (Å²) < 4.78 is 1.75. The van der Waals surface area contributed by atoms with Gasteiger partial charge >= 0.3 is 12.0 Å². The number of amides is 2. The van der Waals surface area contributed by atoms with Gasteiger partial charge in [0.25, 0.3) is 0 Å². The number of aliphatic carboxylic acids is 1. The number of carboxylic acid groups (broad SMARTS) is 1. The van der Waals surface area contributed by atoms with Crippen LogP contribution in [0.4, 0.5) is 10.5 Å². The van der Waals surface area contributed by atoms with Crippen molar-refractivity contribution in [3.8, 4) is 0 Å². The number of nitrogens with zero attached hydrogens (tertiary/aromatic N) is 3. The summed E-state index contributed by atoms with van der Waals surface area (Å²) in [6.45, 7) is 0.614. The second-order valence-corrected chi connectivity index (χ2v) is 6.76. The Balaban J connectivity index is 1.44. The number of rotatable bonds is 4. The van der Waals surface area contributed by atoms with Crippen molar-refractivity contribution in [1.29, 1.82) is 0 Å². The van der Waals surface area contributed by atoms with E-state index in [1.807, 2.05) is 30.3 Å². The van der Waals surface area contributed by atoms with Crippen LogP contribution in [0.3, 0.4) is 0 Å². The maximum absolute atomic E-state index is 12.6. The molecule has 0 unspecified atom stereocenters. The van der Waals surface area contributed by atoms with Crippen molar-refractivity contribution in [1.82, 2.24) is 14.7 Å². The molecule has 1 saturated carbocycles. The highest BCUT2D eigenvalue weighted by Crippen LogP contribution is 2.42. The van der Waals surface area contributed by atoms with Gasteiger partial charge in [-0.05, 0) is 30.7 Å². The molecule has 0 radical (unpaired) electrons. The maximum Gasteiger partial charge on any atom is 0.326 e. The molecule has 1 aliphatic heterocycles. The number of hydrogen-bond acceptors (Lipinski definition) is 3. The number of carboxylic acids is 1. The number of hydrogen-bond donors (Lipinski definition) is 2. The van der Waals surface area contributed by atoms with Crippen LogP contribution in [0, 0.1) is 5.92 Å². The predicted molar refractivity (Wildman–Crippen MR) is 91.2 cm³/mol. The van der Waals surface area contributed by atoms with E-state index in [9.17, 15) is 14.7 Å². The highest BCUT2D eigenvalue weighted by atomic mass is 16.4. The van der Waals surface area contributed by atoms with E-state index >= 15 is 0 Å². The molecule has 4 rings (SSSR count). The molecule has 2 amide bonds. The Bertz CT molecular complexity index is 789. The first kappa shape index (κ1) is 15.7. The van der Waals surface area contributed by atoms with Gasteiger partial charge in [-0.25, -0.2) is 9.59 Å². The number of fused-ring (bicyclic) bond motifs is 2. The summed E-state index contributed by atoms with van der Waals surface area (Å²) in [6.07, 6.45) is 5.91. The van der Waals surface area contributed by atoms with Crippen LogP contribution in [-0.2, 0) is 11.3 Å². The predicted octanol–water partition coefficient (Wildman–Crippen LogP) is 2.40. The van der Waals surface area contributed by atoms with E-state index in [2.05, 4.69) is 10.4 Å². The highest BCUT2D eigenvalue weighted by Gasteiger charge is 2.51. The second-order valence-electron chi connectivity index (χ2n) is 6.76. The zero-order valence-corrected chi connectivity index (χ0v) is 13.7. The number of nitrogens with one attached hydrogen (secondary N) is 1. The molecule has 25 heavy (non-hydrogen) atoms. The molecule has 0 spiro atoms. The Labute approximate surface area is 145 Å². The standard InChI is InChI=1S/C18H20N4O3/c23-17(24)16-13-6-7-15(8-13)22(16)18(25)20-14-9-19-21(11-14)10-12-4-2-1-3-5-12/h1-5,9,11,13,15-16H,6-8,10H2,(H,20,25)(H,23,24)/t13-,15+,16-/m0/s1. The Morgan fingerprint density at radius 2 is 2.04 bits per heavy atom. The fourth-order valence-corrected chi connectivity index (χ4v) is 4.07. The summed E-state index contributed by atoms with van der Waals surface area (Å²) in [4.78, 5) is 25.6. The van der Waals surface area contributed by atoms with Crippen molar-refractivity contribution in [2.75, 3.05) is 5.32 Å². The average Bonchev–Trinajstić information content (AvgIpc) is 3.31. The summed E-state index contributed by atoms with van der Waals surface area (Å²) in [5.41, 5.74) is 1.69. The van der Waals surface area contributed by atoms with E-state index in [4.69, 9.17) is 0 Å². The van der Waals surface area contributed by atoms with Gasteiger partial charge < -0.3 is 15.3 Å². The molecule has 1 aromatic heterocycles. The molecule has 1 aromatic carbocycles. The largest absolute Gasteiger partial charge is 0.480 e. The molecular weight excluding hydrogens is 320 g/mol. The van der Waals surface area contributed by atoms with E-state index in [0.29, 0.717) is 12.2 Å². The lowest BCUT2D eigenvalue weighted by Crippen LogP contribution is -2.50. The highest BCUT2D eigenvalue weighted by molar-refractivity contribution is 5.93. The number of likely N-dealkylation sites (tertiary alicyclic amines) is 1. The normalized spacial score (nSPS) is 24.5.